The van der Waals surface area contributed by atoms with Gasteiger partial charge in [0.2, 0.25) is 6.33 Å². The third kappa shape index (κ3) is 3.41. The number of aromatic nitrogens is 2. The number of nitrogens with zero attached hydrogens (tertiary/aromatic N) is 2. The van der Waals surface area contributed by atoms with Gasteiger partial charge in [0.25, 0.3) is 5.97 Å². The summed E-state index contributed by atoms with van der Waals surface area (Å²) in [6.07, 6.45) is 6.82. The van der Waals surface area contributed by atoms with Gasteiger partial charge in [-0.15, -0.1) is 0 Å². The van der Waals surface area contributed by atoms with E-state index in [2.05, 4.69) is 4.23 Å². The first kappa shape index (κ1) is 13.4. The van der Waals surface area contributed by atoms with Crippen LogP contribution in [0.15, 0.2) is 18.7 Å². The summed E-state index contributed by atoms with van der Waals surface area (Å²) in [5.41, 5.74) is 0. The molecule has 0 atom stereocenters. The Morgan fingerprint density at radius 2 is 1.88 bits per heavy atom. The Hall–Kier alpha value is -0.693. The molecule has 1 heterocycles. The quantitative estimate of drug-likeness (QED) is 0.389. The summed E-state index contributed by atoms with van der Waals surface area (Å²) >= 11 is 0. The van der Waals surface area contributed by atoms with Crippen molar-refractivity contribution in [2.24, 2.45) is 7.05 Å². The summed E-state index contributed by atoms with van der Waals surface area (Å²) in [5, 5.41) is 0. The maximum Gasteiger partial charge on any atom is 0.337 e. The van der Waals surface area contributed by atoms with Crippen molar-refractivity contribution >= 4 is 9.68 Å². The molecular weight excluding hydrogens is 224 g/mol. The fourth-order valence-electron chi connectivity index (χ4n) is 1.44. The molecule has 0 aliphatic carbocycles. The van der Waals surface area contributed by atoms with Crippen molar-refractivity contribution in [3.63, 3.8) is 0 Å². The van der Waals surface area contributed by atoms with Crippen molar-refractivity contribution < 1.29 is 18.8 Å². The van der Waals surface area contributed by atoms with E-state index < -0.39 is 5.97 Å². The molecule has 0 saturated carbocycles. The van der Waals surface area contributed by atoms with Gasteiger partial charge in [-0.2, -0.15) is 0 Å². The topological polar surface area (TPSA) is 36.5 Å². The zero-order valence-corrected chi connectivity index (χ0v) is 11.3. The molecule has 0 aliphatic rings. The smallest absolute Gasteiger partial charge is 0.331 e. The summed E-state index contributed by atoms with van der Waals surface area (Å²) < 4.78 is 19.8. The van der Waals surface area contributed by atoms with Crippen LogP contribution in [0.1, 0.15) is 6.42 Å². The standard InChI is InChI=1S/C10H19N2O3Si/c1-11-6-7-12(9-11)16-8-5-10(13-2,14-3)15-4/h6-7,9H,5,8H2,1-4H3/q+1. The molecule has 2 radical (unpaired) electrons. The van der Waals surface area contributed by atoms with E-state index in [1.807, 2.05) is 30.3 Å². The molecule has 0 bridgehead atoms. The SMILES string of the molecule is COC(CC[Si]n1cc[n+](C)c1)(OC)OC. The number of hydrogen-bond donors (Lipinski definition) is 0. The number of ether oxygens (including phenoxy) is 3. The third-order valence-corrected chi connectivity index (χ3v) is 3.53. The monoisotopic (exact) mass is 243 g/mol. The van der Waals surface area contributed by atoms with Crippen LogP contribution in [0, 0.1) is 0 Å². The van der Waals surface area contributed by atoms with Crippen LogP contribution in [0.3, 0.4) is 0 Å². The van der Waals surface area contributed by atoms with E-state index in [4.69, 9.17) is 14.2 Å². The van der Waals surface area contributed by atoms with E-state index in [0.717, 1.165) is 6.04 Å². The molecule has 0 aromatic carbocycles. The Kier molecular flexibility index (Phi) is 5.13. The molecule has 0 N–H and O–H groups in total. The van der Waals surface area contributed by atoms with Crippen molar-refractivity contribution in [1.82, 2.24) is 4.23 Å². The third-order valence-electron chi connectivity index (χ3n) is 2.43. The van der Waals surface area contributed by atoms with E-state index >= 15 is 0 Å². The fourth-order valence-corrected chi connectivity index (χ4v) is 2.55. The molecule has 6 heteroatoms. The minimum absolute atomic E-state index is 0.664. The molecule has 1 aromatic rings. The molecule has 0 fully saturated rings. The van der Waals surface area contributed by atoms with Gasteiger partial charge in [0.15, 0.2) is 0 Å². The number of aryl methyl sites for hydroxylation is 1. The highest BCUT2D eigenvalue weighted by Gasteiger charge is 2.29. The molecular formula is C10H19N2O3Si+. The van der Waals surface area contributed by atoms with Crippen molar-refractivity contribution in [2.45, 2.75) is 18.4 Å². The number of hydrogen-bond acceptors (Lipinski definition) is 3. The average Bonchev–Trinajstić information content (AvgIpc) is 2.71. The van der Waals surface area contributed by atoms with Crippen LogP contribution in [-0.4, -0.2) is 41.2 Å². The van der Waals surface area contributed by atoms with Crippen LogP contribution in [0.4, 0.5) is 0 Å². The Balaban J connectivity index is 2.39. The molecule has 0 amide bonds. The van der Waals surface area contributed by atoms with Crippen LogP contribution in [0.5, 0.6) is 0 Å². The maximum absolute atomic E-state index is 5.22. The lowest BCUT2D eigenvalue weighted by molar-refractivity contribution is -0.670. The second-order valence-corrected chi connectivity index (χ2v) is 4.77. The first-order valence-electron chi connectivity index (χ1n) is 5.08. The van der Waals surface area contributed by atoms with Crippen molar-refractivity contribution in [2.75, 3.05) is 21.3 Å². The molecule has 1 aromatic heterocycles. The highest BCUT2D eigenvalue weighted by atomic mass is 28.2. The first-order valence-corrected chi connectivity index (χ1v) is 6.24. The Labute approximate surface area is 98.8 Å². The van der Waals surface area contributed by atoms with Gasteiger partial charge in [0.05, 0.1) is 7.05 Å². The first-order chi connectivity index (χ1) is 7.65. The highest BCUT2D eigenvalue weighted by Crippen LogP contribution is 2.19. The predicted octanol–water partition coefficient (Wildman–Crippen LogP) is 0.181. The summed E-state index contributed by atoms with van der Waals surface area (Å²) in [7, 11) is 7.44. The van der Waals surface area contributed by atoms with Crippen LogP contribution < -0.4 is 4.57 Å². The van der Waals surface area contributed by atoms with Gasteiger partial charge in [-0.3, -0.25) is 4.23 Å². The highest BCUT2D eigenvalue weighted by molar-refractivity contribution is 6.33. The summed E-state index contributed by atoms with van der Waals surface area (Å²) in [4.78, 5) is 0. The normalized spacial score (nSPS) is 12.0. The summed E-state index contributed by atoms with van der Waals surface area (Å²) in [5.74, 6) is -0.900. The number of rotatable bonds is 7. The molecule has 0 aliphatic heterocycles. The number of methoxy groups -OCH3 is 3. The molecule has 0 spiro atoms. The number of imidazole rings is 1. The van der Waals surface area contributed by atoms with Crippen molar-refractivity contribution in [3.05, 3.63) is 18.7 Å². The maximum atomic E-state index is 5.22. The Bertz CT molecular complexity index is 305. The van der Waals surface area contributed by atoms with E-state index in [1.165, 1.54) is 0 Å². The van der Waals surface area contributed by atoms with Crippen molar-refractivity contribution in [1.29, 1.82) is 0 Å². The summed E-state index contributed by atoms with van der Waals surface area (Å²) in [6, 6.07) is 0.949. The fraction of sp³-hybridized carbons (Fsp3) is 0.700. The largest absolute Gasteiger partial charge is 0.337 e. The second kappa shape index (κ2) is 6.14. The summed E-state index contributed by atoms with van der Waals surface area (Å²) in [6.45, 7) is 0. The molecule has 90 valence electrons. The lowest BCUT2D eigenvalue weighted by Crippen LogP contribution is -2.36. The van der Waals surface area contributed by atoms with E-state index in [0.29, 0.717) is 16.1 Å². The van der Waals surface area contributed by atoms with Gasteiger partial charge in [-0.25, -0.2) is 4.57 Å². The lowest BCUT2D eigenvalue weighted by Gasteiger charge is -2.28. The van der Waals surface area contributed by atoms with Gasteiger partial charge in [0, 0.05) is 27.8 Å². The predicted molar refractivity (Wildman–Crippen MR) is 59.9 cm³/mol. The lowest BCUT2D eigenvalue weighted by atomic mass is 10.4. The molecule has 5 nitrogen and oxygen atoms in total. The Morgan fingerprint density at radius 3 is 2.31 bits per heavy atom. The minimum Gasteiger partial charge on any atom is -0.331 e. The van der Waals surface area contributed by atoms with Gasteiger partial charge >= 0.3 is 9.68 Å². The minimum atomic E-state index is -0.900. The van der Waals surface area contributed by atoms with Gasteiger partial charge < -0.3 is 14.2 Å². The van der Waals surface area contributed by atoms with Crippen LogP contribution in [0.2, 0.25) is 6.04 Å². The molecule has 16 heavy (non-hydrogen) atoms. The molecule has 1 rings (SSSR count). The average molecular weight is 243 g/mol. The zero-order chi connectivity index (χ0) is 12.0. The van der Waals surface area contributed by atoms with Gasteiger partial charge in [-0.1, -0.05) is 0 Å². The van der Waals surface area contributed by atoms with E-state index in [1.54, 1.807) is 21.3 Å². The second-order valence-electron chi connectivity index (χ2n) is 3.44. The Morgan fingerprint density at radius 1 is 1.25 bits per heavy atom. The zero-order valence-electron chi connectivity index (χ0n) is 10.3. The van der Waals surface area contributed by atoms with Crippen LogP contribution in [-0.2, 0) is 21.3 Å². The van der Waals surface area contributed by atoms with Gasteiger partial charge in [0.1, 0.15) is 12.4 Å². The van der Waals surface area contributed by atoms with E-state index in [-0.39, 0.29) is 0 Å². The van der Waals surface area contributed by atoms with Gasteiger partial charge in [-0.05, 0) is 6.04 Å². The van der Waals surface area contributed by atoms with E-state index in [9.17, 15) is 0 Å². The van der Waals surface area contributed by atoms with Crippen molar-refractivity contribution in [3.8, 4) is 0 Å². The van der Waals surface area contributed by atoms with Crippen LogP contribution >= 0.6 is 0 Å². The molecule has 0 saturated heterocycles. The molecule has 0 unspecified atom stereocenters. The van der Waals surface area contributed by atoms with Crippen LogP contribution in [0.25, 0.3) is 0 Å².